The van der Waals surface area contributed by atoms with Gasteiger partial charge in [0.05, 0.1) is 19.6 Å². The second kappa shape index (κ2) is 6.82. The van der Waals surface area contributed by atoms with Crippen molar-refractivity contribution in [1.82, 2.24) is 25.0 Å². The van der Waals surface area contributed by atoms with E-state index < -0.39 is 0 Å². The van der Waals surface area contributed by atoms with Gasteiger partial charge in [0.1, 0.15) is 12.7 Å². The average molecular weight is 305 g/mol. The SMILES string of the molecule is O=C(CN1CCC[C@@H]1Cn1cncn1)NCc1cccs1. The van der Waals surface area contributed by atoms with Crippen LogP contribution in [-0.4, -0.2) is 44.7 Å². The fraction of sp³-hybridized carbons (Fsp3) is 0.500. The lowest BCUT2D eigenvalue weighted by Crippen LogP contribution is -2.41. The van der Waals surface area contributed by atoms with Gasteiger partial charge in [-0.15, -0.1) is 11.3 Å². The van der Waals surface area contributed by atoms with Gasteiger partial charge in [0.15, 0.2) is 0 Å². The fourth-order valence-corrected chi connectivity index (χ4v) is 3.34. The minimum Gasteiger partial charge on any atom is -0.350 e. The summed E-state index contributed by atoms with van der Waals surface area (Å²) in [6.45, 7) is 2.87. The molecule has 2 aromatic rings. The fourth-order valence-electron chi connectivity index (χ4n) is 2.69. The van der Waals surface area contributed by atoms with Crippen LogP contribution in [0.4, 0.5) is 0 Å². The number of aromatic nitrogens is 3. The maximum absolute atomic E-state index is 12.1. The third-order valence-electron chi connectivity index (χ3n) is 3.75. The average Bonchev–Trinajstić information content (AvgIpc) is 3.20. The number of hydrogen-bond donors (Lipinski definition) is 1. The van der Waals surface area contributed by atoms with Crippen molar-refractivity contribution in [3.05, 3.63) is 35.0 Å². The predicted octanol–water partition coefficient (Wildman–Crippen LogP) is 1.12. The molecule has 0 spiro atoms. The Morgan fingerprint density at radius 3 is 3.24 bits per heavy atom. The van der Waals surface area contributed by atoms with Crippen LogP contribution in [0.2, 0.25) is 0 Å². The molecule has 2 aromatic heterocycles. The lowest BCUT2D eigenvalue weighted by Gasteiger charge is -2.23. The monoisotopic (exact) mass is 305 g/mol. The molecule has 21 heavy (non-hydrogen) atoms. The highest BCUT2D eigenvalue weighted by Gasteiger charge is 2.26. The lowest BCUT2D eigenvalue weighted by molar-refractivity contribution is -0.122. The van der Waals surface area contributed by atoms with E-state index in [0.717, 1.165) is 25.9 Å². The van der Waals surface area contributed by atoms with Crippen LogP contribution in [0.15, 0.2) is 30.2 Å². The number of hydrogen-bond acceptors (Lipinski definition) is 5. The number of nitrogens with one attached hydrogen (secondary N) is 1. The van der Waals surface area contributed by atoms with Gasteiger partial charge in [0.2, 0.25) is 5.91 Å². The summed E-state index contributed by atoms with van der Waals surface area (Å²) in [5.41, 5.74) is 0. The number of amides is 1. The van der Waals surface area contributed by atoms with Crippen LogP contribution in [-0.2, 0) is 17.9 Å². The van der Waals surface area contributed by atoms with Crippen molar-refractivity contribution in [2.45, 2.75) is 32.0 Å². The van der Waals surface area contributed by atoms with Gasteiger partial charge in [0.25, 0.3) is 0 Å². The first-order valence-corrected chi connectivity index (χ1v) is 8.05. The zero-order valence-corrected chi connectivity index (χ0v) is 12.6. The van der Waals surface area contributed by atoms with Gasteiger partial charge in [-0.05, 0) is 30.8 Å². The molecule has 1 saturated heterocycles. The second-order valence-corrected chi connectivity index (χ2v) is 6.27. The van der Waals surface area contributed by atoms with Gasteiger partial charge in [-0.3, -0.25) is 14.4 Å². The first-order valence-electron chi connectivity index (χ1n) is 7.17. The highest BCUT2D eigenvalue weighted by Crippen LogP contribution is 2.18. The number of likely N-dealkylation sites (tertiary alicyclic amines) is 1. The molecule has 0 radical (unpaired) electrons. The smallest absolute Gasteiger partial charge is 0.234 e. The third-order valence-corrected chi connectivity index (χ3v) is 4.63. The van der Waals surface area contributed by atoms with Gasteiger partial charge in [-0.1, -0.05) is 6.07 Å². The van der Waals surface area contributed by atoms with Crippen LogP contribution >= 0.6 is 11.3 Å². The van der Waals surface area contributed by atoms with Crippen LogP contribution in [0.25, 0.3) is 0 Å². The number of thiophene rings is 1. The number of nitrogens with zero attached hydrogens (tertiary/aromatic N) is 4. The maximum Gasteiger partial charge on any atom is 0.234 e. The molecular weight excluding hydrogens is 286 g/mol. The van der Waals surface area contributed by atoms with Crippen LogP contribution in [0.1, 0.15) is 17.7 Å². The molecule has 0 saturated carbocycles. The second-order valence-electron chi connectivity index (χ2n) is 5.24. The van der Waals surface area contributed by atoms with E-state index in [4.69, 9.17) is 0 Å². The molecule has 7 heteroatoms. The summed E-state index contributed by atoms with van der Waals surface area (Å²) in [7, 11) is 0. The number of carbonyl (C=O) groups is 1. The van der Waals surface area contributed by atoms with Crippen LogP contribution in [0, 0.1) is 0 Å². The van der Waals surface area contributed by atoms with Gasteiger partial charge < -0.3 is 5.32 Å². The normalized spacial score (nSPS) is 19.0. The van der Waals surface area contributed by atoms with Crippen LogP contribution in [0.3, 0.4) is 0 Å². The molecule has 0 aromatic carbocycles. The summed E-state index contributed by atoms with van der Waals surface area (Å²) in [6.07, 6.45) is 5.52. The van der Waals surface area contributed by atoms with Crippen molar-refractivity contribution in [2.24, 2.45) is 0 Å². The summed E-state index contributed by atoms with van der Waals surface area (Å²) in [5.74, 6) is 0.0916. The molecule has 112 valence electrons. The van der Waals surface area contributed by atoms with Crippen LogP contribution in [0.5, 0.6) is 0 Å². The highest BCUT2D eigenvalue weighted by atomic mass is 32.1. The zero-order valence-electron chi connectivity index (χ0n) is 11.8. The first-order chi connectivity index (χ1) is 10.3. The quantitative estimate of drug-likeness (QED) is 0.869. The Labute approximate surface area is 127 Å². The maximum atomic E-state index is 12.1. The highest BCUT2D eigenvalue weighted by molar-refractivity contribution is 7.09. The largest absolute Gasteiger partial charge is 0.350 e. The summed E-state index contributed by atoms with van der Waals surface area (Å²) in [4.78, 5) is 19.4. The van der Waals surface area contributed by atoms with E-state index >= 15 is 0 Å². The standard InChI is InChI=1S/C14H19N5OS/c20-14(16-7-13-4-2-6-21-13)9-18-5-1-3-12(18)8-19-11-15-10-17-19/h2,4,6,10-12H,1,3,5,7-9H2,(H,16,20)/t12-/m1/s1. The molecule has 1 aliphatic rings. The van der Waals surface area contributed by atoms with Crippen molar-refractivity contribution < 1.29 is 4.79 Å². The number of rotatable bonds is 6. The molecule has 0 unspecified atom stereocenters. The van der Waals surface area contributed by atoms with Crippen molar-refractivity contribution in [1.29, 1.82) is 0 Å². The Morgan fingerprint density at radius 1 is 1.52 bits per heavy atom. The molecule has 1 fully saturated rings. The molecule has 0 aliphatic carbocycles. The molecule has 3 rings (SSSR count). The molecule has 3 heterocycles. The topological polar surface area (TPSA) is 63.1 Å². The Hall–Kier alpha value is -1.73. The van der Waals surface area contributed by atoms with Gasteiger partial charge >= 0.3 is 0 Å². The van der Waals surface area contributed by atoms with E-state index in [2.05, 4.69) is 20.3 Å². The molecule has 1 atom stereocenters. The molecular formula is C14H19N5OS. The Bertz CT molecular complexity index is 554. The lowest BCUT2D eigenvalue weighted by atomic mass is 10.2. The summed E-state index contributed by atoms with van der Waals surface area (Å²) in [5, 5.41) is 9.15. The third kappa shape index (κ3) is 3.89. The Balaban J connectivity index is 1.47. The first kappa shape index (κ1) is 14.2. The Morgan fingerprint density at radius 2 is 2.48 bits per heavy atom. The Kier molecular flexibility index (Phi) is 4.62. The van der Waals surface area contributed by atoms with E-state index in [1.54, 1.807) is 24.0 Å². The van der Waals surface area contributed by atoms with Crippen molar-refractivity contribution in [3.63, 3.8) is 0 Å². The molecule has 1 amide bonds. The van der Waals surface area contributed by atoms with E-state index in [1.165, 1.54) is 4.88 Å². The summed E-state index contributed by atoms with van der Waals surface area (Å²) >= 11 is 1.66. The van der Waals surface area contributed by atoms with Gasteiger partial charge in [0, 0.05) is 10.9 Å². The van der Waals surface area contributed by atoms with E-state index in [-0.39, 0.29) is 5.91 Å². The molecule has 1 aliphatic heterocycles. The van der Waals surface area contributed by atoms with Gasteiger partial charge in [-0.2, -0.15) is 5.10 Å². The number of carbonyl (C=O) groups excluding carboxylic acids is 1. The summed E-state index contributed by atoms with van der Waals surface area (Å²) < 4.78 is 1.84. The van der Waals surface area contributed by atoms with Crippen molar-refractivity contribution >= 4 is 17.2 Å². The summed E-state index contributed by atoms with van der Waals surface area (Å²) in [6, 6.07) is 4.41. The van der Waals surface area contributed by atoms with Crippen molar-refractivity contribution in [2.75, 3.05) is 13.1 Å². The molecule has 0 bridgehead atoms. The van der Waals surface area contributed by atoms with E-state index in [0.29, 0.717) is 19.1 Å². The molecule has 1 N–H and O–H groups in total. The minimum atomic E-state index is 0.0916. The van der Waals surface area contributed by atoms with Crippen LogP contribution < -0.4 is 5.32 Å². The zero-order chi connectivity index (χ0) is 14.5. The predicted molar refractivity (Wildman–Crippen MR) is 80.8 cm³/mol. The van der Waals surface area contributed by atoms with E-state index in [1.807, 2.05) is 22.2 Å². The minimum absolute atomic E-state index is 0.0916. The van der Waals surface area contributed by atoms with E-state index in [9.17, 15) is 4.79 Å². The molecule has 6 nitrogen and oxygen atoms in total. The van der Waals surface area contributed by atoms with Gasteiger partial charge in [-0.25, -0.2) is 4.98 Å². The van der Waals surface area contributed by atoms with Crippen molar-refractivity contribution in [3.8, 4) is 0 Å².